The molecule has 5 heteroatoms. The maximum absolute atomic E-state index is 11.7. The highest BCUT2D eigenvalue weighted by Crippen LogP contribution is 2.41. The maximum atomic E-state index is 11.7. The summed E-state index contributed by atoms with van der Waals surface area (Å²) in [5.74, 6) is -0.224. The van der Waals surface area contributed by atoms with E-state index >= 15 is 0 Å². The number of nitrogens with zero attached hydrogens (tertiary/aromatic N) is 1. The van der Waals surface area contributed by atoms with E-state index in [-0.39, 0.29) is 25.0 Å². The number of carboxylic acids is 1. The zero-order valence-corrected chi connectivity index (χ0v) is 11.7. The van der Waals surface area contributed by atoms with Crippen molar-refractivity contribution in [1.29, 1.82) is 0 Å². The number of amides is 2. The Bertz CT molecular complexity index is 317. The van der Waals surface area contributed by atoms with Gasteiger partial charge < -0.3 is 15.3 Å². The highest BCUT2D eigenvalue weighted by Gasteiger charge is 2.38. The van der Waals surface area contributed by atoms with Crippen molar-refractivity contribution in [2.24, 2.45) is 11.3 Å². The summed E-state index contributed by atoms with van der Waals surface area (Å²) in [4.78, 5) is 23.6. The molecule has 2 amide bonds. The fourth-order valence-electron chi connectivity index (χ4n) is 2.09. The lowest BCUT2D eigenvalue weighted by Gasteiger charge is -2.44. The Morgan fingerprint density at radius 3 is 2.33 bits per heavy atom. The summed E-state index contributed by atoms with van der Waals surface area (Å²) in [6.07, 6.45) is 2.02. The molecule has 1 aliphatic rings. The predicted octanol–water partition coefficient (Wildman–Crippen LogP) is 1.93. The van der Waals surface area contributed by atoms with Crippen LogP contribution in [-0.2, 0) is 4.79 Å². The van der Waals surface area contributed by atoms with Crippen molar-refractivity contribution in [3.05, 3.63) is 0 Å². The standard InChI is InChI=1S/C13H24N2O3/c1-13(2,3)9-7-10(8-9)14-12(18)15(4)6-5-11(16)17/h9-10H,5-8H2,1-4H3,(H,14,18)(H,16,17). The van der Waals surface area contributed by atoms with Gasteiger partial charge in [-0.3, -0.25) is 4.79 Å². The molecule has 0 aromatic carbocycles. The van der Waals surface area contributed by atoms with Gasteiger partial charge in [0.2, 0.25) is 0 Å². The number of carboxylic acid groups (broad SMARTS) is 1. The molecule has 1 saturated carbocycles. The lowest BCUT2D eigenvalue weighted by molar-refractivity contribution is -0.137. The van der Waals surface area contributed by atoms with Gasteiger partial charge >= 0.3 is 12.0 Å². The fraction of sp³-hybridized carbons (Fsp3) is 0.846. The first kappa shape index (κ1) is 14.8. The van der Waals surface area contributed by atoms with Crippen molar-refractivity contribution in [2.45, 2.75) is 46.1 Å². The van der Waals surface area contributed by atoms with Gasteiger partial charge in [0.05, 0.1) is 6.42 Å². The minimum Gasteiger partial charge on any atom is -0.481 e. The lowest BCUT2D eigenvalue weighted by Crippen LogP contribution is -2.51. The van der Waals surface area contributed by atoms with Crippen molar-refractivity contribution in [2.75, 3.05) is 13.6 Å². The normalized spacial score (nSPS) is 23.1. The van der Waals surface area contributed by atoms with Gasteiger partial charge in [0.15, 0.2) is 0 Å². The molecule has 18 heavy (non-hydrogen) atoms. The molecule has 0 aromatic rings. The largest absolute Gasteiger partial charge is 0.481 e. The molecule has 0 heterocycles. The van der Waals surface area contributed by atoms with E-state index in [2.05, 4.69) is 26.1 Å². The van der Waals surface area contributed by atoms with E-state index in [4.69, 9.17) is 5.11 Å². The molecule has 0 aliphatic heterocycles. The second-order valence-electron chi connectivity index (χ2n) is 6.25. The third-order valence-electron chi connectivity index (χ3n) is 3.70. The molecule has 1 rings (SSSR count). The van der Waals surface area contributed by atoms with Crippen LogP contribution in [0.15, 0.2) is 0 Å². The maximum Gasteiger partial charge on any atom is 0.317 e. The smallest absolute Gasteiger partial charge is 0.317 e. The predicted molar refractivity (Wildman–Crippen MR) is 69.4 cm³/mol. The van der Waals surface area contributed by atoms with Gasteiger partial charge in [-0.2, -0.15) is 0 Å². The van der Waals surface area contributed by atoms with E-state index in [9.17, 15) is 9.59 Å². The minimum absolute atomic E-state index is 0.0147. The quantitative estimate of drug-likeness (QED) is 0.807. The SMILES string of the molecule is CN(CCC(=O)O)C(=O)NC1CC(C(C)(C)C)C1. The van der Waals surface area contributed by atoms with Crippen molar-refractivity contribution < 1.29 is 14.7 Å². The summed E-state index contributed by atoms with van der Waals surface area (Å²) in [6, 6.07) is 0.0719. The number of hydrogen-bond donors (Lipinski definition) is 2. The first-order chi connectivity index (χ1) is 8.20. The number of carbonyl (C=O) groups excluding carboxylic acids is 1. The van der Waals surface area contributed by atoms with Gasteiger partial charge in [-0.1, -0.05) is 20.8 Å². The number of nitrogens with one attached hydrogen (secondary N) is 1. The molecule has 0 radical (unpaired) electrons. The van der Waals surface area contributed by atoms with E-state index < -0.39 is 5.97 Å². The van der Waals surface area contributed by atoms with Crippen molar-refractivity contribution in [3.8, 4) is 0 Å². The summed E-state index contributed by atoms with van der Waals surface area (Å²) in [5.41, 5.74) is 0.302. The van der Waals surface area contributed by atoms with Crippen LogP contribution < -0.4 is 5.32 Å². The zero-order valence-electron chi connectivity index (χ0n) is 11.7. The second-order valence-corrected chi connectivity index (χ2v) is 6.25. The minimum atomic E-state index is -0.883. The van der Waals surface area contributed by atoms with Crippen LogP contribution in [0.5, 0.6) is 0 Å². The lowest BCUT2D eigenvalue weighted by atomic mass is 9.66. The fourth-order valence-corrected chi connectivity index (χ4v) is 2.09. The third-order valence-corrected chi connectivity index (χ3v) is 3.70. The van der Waals surface area contributed by atoms with Crippen LogP contribution in [-0.4, -0.2) is 41.6 Å². The molecule has 104 valence electrons. The van der Waals surface area contributed by atoms with Crippen LogP contribution in [0.1, 0.15) is 40.0 Å². The van der Waals surface area contributed by atoms with Gasteiger partial charge in [-0.05, 0) is 24.2 Å². The molecule has 0 saturated heterocycles. The summed E-state index contributed by atoms with van der Waals surface area (Å²) in [6.45, 7) is 6.90. The summed E-state index contributed by atoms with van der Waals surface area (Å²) >= 11 is 0. The number of urea groups is 1. The van der Waals surface area contributed by atoms with Gasteiger partial charge in [-0.15, -0.1) is 0 Å². The Morgan fingerprint density at radius 1 is 1.33 bits per heavy atom. The van der Waals surface area contributed by atoms with E-state index in [0.29, 0.717) is 11.3 Å². The summed E-state index contributed by atoms with van der Waals surface area (Å²) < 4.78 is 0. The molecule has 1 fully saturated rings. The number of rotatable bonds is 4. The van der Waals surface area contributed by atoms with E-state index in [1.54, 1.807) is 7.05 Å². The molecular formula is C13H24N2O3. The van der Waals surface area contributed by atoms with Gasteiger partial charge in [0, 0.05) is 19.6 Å². The zero-order chi connectivity index (χ0) is 13.9. The molecule has 1 aliphatic carbocycles. The first-order valence-corrected chi connectivity index (χ1v) is 6.43. The average molecular weight is 256 g/mol. The molecule has 2 N–H and O–H groups in total. The number of aliphatic carboxylic acids is 1. The molecular weight excluding hydrogens is 232 g/mol. The molecule has 0 aromatic heterocycles. The van der Waals surface area contributed by atoms with Crippen molar-refractivity contribution in [1.82, 2.24) is 10.2 Å². The average Bonchev–Trinajstić information content (AvgIpc) is 2.16. The monoisotopic (exact) mass is 256 g/mol. The van der Waals surface area contributed by atoms with E-state index in [1.165, 1.54) is 4.90 Å². The molecule has 0 spiro atoms. The number of carbonyl (C=O) groups is 2. The van der Waals surface area contributed by atoms with Crippen LogP contribution in [0, 0.1) is 11.3 Å². The van der Waals surface area contributed by atoms with Crippen LogP contribution in [0.25, 0.3) is 0 Å². The van der Waals surface area contributed by atoms with Crippen molar-refractivity contribution >= 4 is 12.0 Å². The second kappa shape index (κ2) is 5.59. The van der Waals surface area contributed by atoms with E-state index in [1.807, 2.05) is 0 Å². The van der Waals surface area contributed by atoms with Crippen LogP contribution in [0.2, 0.25) is 0 Å². The molecule has 0 atom stereocenters. The highest BCUT2D eigenvalue weighted by molar-refractivity contribution is 5.75. The Labute approximate surface area is 109 Å². The highest BCUT2D eigenvalue weighted by atomic mass is 16.4. The molecule has 0 unspecified atom stereocenters. The Hall–Kier alpha value is -1.26. The first-order valence-electron chi connectivity index (χ1n) is 6.43. The van der Waals surface area contributed by atoms with Crippen molar-refractivity contribution in [3.63, 3.8) is 0 Å². The Balaban J connectivity index is 2.24. The van der Waals surface area contributed by atoms with E-state index in [0.717, 1.165) is 12.8 Å². The van der Waals surface area contributed by atoms with Gasteiger partial charge in [0.25, 0.3) is 0 Å². The molecule has 5 nitrogen and oxygen atoms in total. The topological polar surface area (TPSA) is 69.6 Å². The van der Waals surface area contributed by atoms with Crippen LogP contribution in [0.4, 0.5) is 4.79 Å². The summed E-state index contributed by atoms with van der Waals surface area (Å²) in [7, 11) is 1.62. The van der Waals surface area contributed by atoms with Crippen LogP contribution in [0.3, 0.4) is 0 Å². The third kappa shape index (κ3) is 4.20. The Kier molecular flexibility index (Phi) is 4.59. The van der Waals surface area contributed by atoms with Gasteiger partial charge in [0.1, 0.15) is 0 Å². The molecule has 0 bridgehead atoms. The van der Waals surface area contributed by atoms with Crippen LogP contribution >= 0.6 is 0 Å². The van der Waals surface area contributed by atoms with Gasteiger partial charge in [-0.25, -0.2) is 4.79 Å². The Morgan fingerprint density at radius 2 is 1.89 bits per heavy atom. The number of hydrogen-bond acceptors (Lipinski definition) is 2. The summed E-state index contributed by atoms with van der Waals surface area (Å²) in [5, 5.41) is 11.5.